The summed E-state index contributed by atoms with van der Waals surface area (Å²) in [5.74, 6) is 1.24. The predicted octanol–water partition coefficient (Wildman–Crippen LogP) is 3.02. The summed E-state index contributed by atoms with van der Waals surface area (Å²) >= 11 is 0. The number of piperidine rings is 1. The average Bonchev–Trinajstić information content (AvgIpc) is 3.10. The minimum Gasteiger partial charge on any atom is -0.504 e. The highest BCUT2D eigenvalue weighted by Gasteiger charge is 2.52. The molecule has 2 atom stereocenters. The summed E-state index contributed by atoms with van der Waals surface area (Å²) in [7, 11) is 1.96. The number of para-hydroxylation sites is 1. The van der Waals surface area contributed by atoms with Crippen molar-refractivity contribution in [2.24, 2.45) is 13.0 Å². The third-order valence-corrected chi connectivity index (χ3v) is 6.50. The van der Waals surface area contributed by atoms with Gasteiger partial charge in [-0.2, -0.15) is 5.10 Å². The van der Waals surface area contributed by atoms with Crippen molar-refractivity contribution >= 4 is 0 Å². The van der Waals surface area contributed by atoms with E-state index in [1.54, 1.807) is 6.07 Å². The van der Waals surface area contributed by atoms with Crippen molar-refractivity contribution in [1.82, 2.24) is 14.7 Å². The number of hydrogen-bond acceptors (Lipinski definition) is 5. The minimum atomic E-state index is -0.234. The maximum atomic E-state index is 10.4. The van der Waals surface area contributed by atoms with Crippen LogP contribution < -0.4 is 4.74 Å². The number of rotatable bonds is 2. The van der Waals surface area contributed by atoms with Gasteiger partial charge in [-0.3, -0.25) is 9.58 Å². The first-order valence-electron chi connectivity index (χ1n) is 9.97. The van der Waals surface area contributed by atoms with Crippen LogP contribution >= 0.6 is 0 Å². The number of fused-ring (bicyclic) bond motifs is 4. The molecule has 27 heavy (non-hydrogen) atoms. The van der Waals surface area contributed by atoms with E-state index in [2.05, 4.69) is 16.2 Å². The van der Waals surface area contributed by atoms with Crippen molar-refractivity contribution in [3.63, 3.8) is 0 Å². The molecule has 1 N–H and O–H groups in total. The number of phenols is 1. The monoisotopic (exact) mass is 369 g/mol. The Morgan fingerprint density at radius 1 is 1.30 bits per heavy atom. The molecule has 0 unspecified atom stereocenters. The molecule has 3 aliphatic heterocycles. The van der Waals surface area contributed by atoms with E-state index in [1.165, 1.54) is 5.56 Å². The third-order valence-electron chi connectivity index (χ3n) is 6.50. The summed E-state index contributed by atoms with van der Waals surface area (Å²) in [4.78, 5) is 2.48. The molecule has 4 heterocycles. The van der Waals surface area contributed by atoms with E-state index >= 15 is 0 Å². The highest BCUT2D eigenvalue weighted by molar-refractivity contribution is 5.49. The number of benzene rings is 1. The molecule has 6 heteroatoms. The van der Waals surface area contributed by atoms with Crippen molar-refractivity contribution in [3.8, 4) is 11.5 Å². The highest BCUT2D eigenvalue weighted by Crippen LogP contribution is 2.55. The lowest BCUT2D eigenvalue weighted by Crippen LogP contribution is -2.57. The zero-order valence-corrected chi connectivity index (χ0v) is 15.8. The second-order valence-corrected chi connectivity index (χ2v) is 8.20. The molecule has 3 aliphatic rings. The molecule has 0 radical (unpaired) electrons. The van der Waals surface area contributed by atoms with Crippen LogP contribution in [-0.4, -0.2) is 45.1 Å². The number of aryl methyl sites for hydroxylation is 1. The lowest BCUT2D eigenvalue weighted by atomic mass is 9.70. The molecule has 1 aromatic carbocycles. The molecule has 1 aromatic heterocycles. The molecule has 0 bridgehead atoms. The summed E-state index contributed by atoms with van der Waals surface area (Å²) in [5.41, 5.74) is 2.03. The van der Waals surface area contributed by atoms with Crippen LogP contribution in [-0.2, 0) is 18.3 Å². The third kappa shape index (κ3) is 2.91. The van der Waals surface area contributed by atoms with Crippen LogP contribution in [0.15, 0.2) is 30.6 Å². The predicted molar refractivity (Wildman–Crippen MR) is 101 cm³/mol. The largest absolute Gasteiger partial charge is 0.504 e. The van der Waals surface area contributed by atoms with Gasteiger partial charge in [-0.05, 0) is 18.9 Å². The Balaban J connectivity index is 1.38. The van der Waals surface area contributed by atoms with Crippen LogP contribution in [0.2, 0.25) is 0 Å². The standard InChI is InChI=1S/C21H27N3O3/c1-23-13-15(12-22-23)14-24-9-7-21(8-10-24)17-5-3-11-26-19(17)16-4-2-6-18(25)20(16)27-21/h2,4,6,12-13,17,19,25H,3,5,7-11,14H2,1H3/t17-,19+/m0/s1. The molecule has 0 amide bonds. The maximum absolute atomic E-state index is 10.4. The van der Waals surface area contributed by atoms with Crippen LogP contribution in [0.4, 0.5) is 0 Å². The van der Waals surface area contributed by atoms with Crippen LogP contribution in [0.1, 0.15) is 42.9 Å². The van der Waals surface area contributed by atoms with Crippen molar-refractivity contribution in [3.05, 3.63) is 41.7 Å². The molecule has 2 aromatic rings. The Morgan fingerprint density at radius 3 is 2.93 bits per heavy atom. The Morgan fingerprint density at radius 2 is 2.15 bits per heavy atom. The average molecular weight is 369 g/mol. The summed E-state index contributed by atoms with van der Waals surface area (Å²) in [5, 5.41) is 14.7. The molecule has 144 valence electrons. The Labute approximate surface area is 159 Å². The van der Waals surface area contributed by atoms with Crippen LogP contribution in [0, 0.1) is 5.92 Å². The van der Waals surface area contributed by atoms with Gasteiger partial charge in [0.15, 0.2) is 11.5 Å². The van der Waals surface area contributed by atoms with Crippen molar-refractivity contribution < 1.29 is 14.6 Å². The van der Waals surface area contributed by atoms with E-state index in [1.807, 2.05) is 30.1 Å². The normalized spacial score (nSPS) is 27.0. The van der Waals surface area contributed by atoms with Crippen LogP contribution in [0.5, 0.6) is 11.5 Å². The number of aromatic hydroxyl groups is 1. The van der Waals surface area contributed by atoms with E-state index < -0.39 is 0 Å². The van der Waals surface area contributed by atoms with Crippen LogP contribution in [0.25, 0.3) is 0 Å². The first-order valence-corrected chi connectivity index (χ1v) is 9.97. The van der Waals surface area contributed by atoms with Gasteiger partial charge in [-0.15, -0.1) is 0 Å². The molecule has 2 fully saturated rings. The summed E-state index contributed by atoms with van der Waals surface area (Å²) in [6, 6.07) is 5.65. The Kier molecular flexibility index (Phi) is 4.13. The smallest absolute Gasteiger partial charge is 0.167 e. The van der Waals surface area contributed by atoms with Gasteiger partial charge in [-0.1, -0.05) is 12.1 Å². The summed E-state index contributed by atoms with van der Waals surface area (Å²) < 4.78 is 14.6. The first kappa shape index (κ1) is 17.1. The highest BCUT2D eigenvalue weighted by atomic mass is 16.5. The zero-order valence-electron chi connectivity index (χ0n) is 15.8. The van der Waals surface area contributed by atoms with Crippen LogP contribution in [0.3, 0.4) is 0 Å². The zero-order chi connectivity index (χ0) is 18.4. The first-order chi connectivity index (χ1) is 13.1. The van der Waals surface area contributed by atoms with Gasteiger partial charge < -0.3 is 14.6 Å². The molecule has 6 nitrogen and oxygen atoms in total. The van der Waals surface area contributed by atoms with Crippen molar-refractivity contribution in [2.45, 2.75) is 43.9 Å². The molecule has 0 aliphatic carbocycles. The maximum Gasteiger partial charge on any atom is 0.167 e. The minimum absolute atomic E-state index is 0.0412. The lowest BCUT2D eigenvalue weighted by molar-refractivity contribution is -0.150. The van der Waals surface area contributed by atoms with E-state index in [9.17, 15) is 5.11 Å². The van der Waals surface area contributed by atoms with Gasteiger partial charge in [0.2, 0.25) is 0 Å². The van der Waals surface area contributed by atoms with Gasteiger partial charge in [0.1, 0.15) is 5.60 Å². The van der Waals surface area contributed by atoms with E-state index in [4.69, 9.17) is 9.47 Å². The fourth-order valence-electron chi connectivity index (χ4n) is 5.16. The van der Waals surface area contributed by atoms with Crippen molar-refractivity contribution in [2.75, 3.05) is 19.7 Å². The van der Waals surface area contributed by atoms with Gasteiger partial charge >= 0.3 is 0 Å². The topological polar surface area (TPSA) is 59.8 Å². The SMILES string of the molecule is Cn1cc(CN2CCC3(CC2)Oc2c(O)cccc2[C@H]2OCCC[C@@H]23)cn1. The van der Waals surface area contributed by atoms with E-state index in [0.29, 0.717) is 11.7 Å². The molecular formula is C21H27N3O3. The number of phenolic OH excluding ortho intramolecular Hbond substituents is 1. The number of hydrogen-bond donors (Lipinski definition) is 1. The second-order valence-electron chi connectivity index (χ2n) is 8.20. The molecule has 0 saturated carbocycles. The quantitative estimate of drug-likeness (QED) is 0.882. The van der Waals surface area contributed by atoms with Gasteiger partial charge in [0.25, 0.3) is 0 Å². The Hall–Kier alpha value is -2.05. The molecular weight excluding hydrogens is 342 g/mol. The number of nitrogens with zero attached hydrogens (tertiary/aromatic N) is 3. The molecule has 1 spiro atoms. The molecule has 2 saturated heterocycles. The number of ether oxygens (including phenoxy) is 2. The summed E-state index contributed by atoms with van der Waals surface area (Å²) in [6.07, 6.45) is 8.21. The summed E-state index contributed by atoms with van der Waals surface area (Å²) in [6.45, 7) is 3.69. The Bertz CT molecular complexity index is 826. The van der Waals surface area contributed by atoms with E-state index in [0.717, 1.165) is 57.5 Å². The second kappa shape index (κ2) is 6.53. The van der Waals surface area contributed by atoms with Gasteiger partial charge in [-0.25, -0.2) is 0 Å². The van der Waals surface area contributed by atoms with Gasteiger partial charge in [0.05, 0.1) is 12.3 Å². The fraction of sp³-hybridized carbons (Fsp3) is 0.571. The van der Waals surface area contributed by atoms with E-state index in [-0.39, 0.29) is 17.5 Å². The molecule has 5 rings (SSSR count). The lowest BCUT2D eigenvalue weighted by Gasteiger charge is -2.53. The number of aromatic nitrogens is 2. The van der Waals surface area contributed by atoms with Crippen molar-refractivity contribution in [1.29, 1.82) is 0 Å². The fourth-order valence-corrected chi connectivity index (χ4v) is 5.16. The number of likely N-dealkylation sites (tertiary alicyclic amines) is 1. The van der Waals surface area contributed by atoms with Gasteiger partial charge in [0, 0.05) is 69.4 Å².